The van der Waals surface area contributed by atoms with Crippen LogP contribution in [0.5, 0.6) is 0 Å². The van der Waals surface area contributed by atoms with Crippen LogP contribution in [0.4, 0.5) is 0 Å². The largest absolute Gasteiger partial charge is 0.306 e. The average Bonchev–Trinajstić information content (AvgIpc) is 2.57. The maximum Gasteiger partial charge on any atom is 0.140 e. The molecule has 0 saturated carbocycles. The molecule has 1 aliphatic rings. The molecule has 0 spiro atoms. The summed E-state index contributed by atoms with van der Waals surface area (Å²) in [5, 5.41) is 0. The Bertz CT molecular complexity index is 617. The van der Waals surface area contributed by atoms with Gasteiger partial charge in [-0.2, -0.15) is 0 Å². The van der Waals surface area contributed by atoms with Crippen LogP contribution in [0.15, 0.2) is 42.7 Å². The molecule has 0 unspecified atom stereocenters. The highest BCUT2D eigenvalue weighted by molar-refractivity contribution is 5.83. The summed E-state index contributed by atoms with van der Waals surface area (Å²) in [5.41, 5.74) is 2.69. The number of piperidine rings is 1. The SMILES string of the molecule is CN1CCC(C(=O)Cc2ccc(-c3ccccn3)nc2)CC1. The molecule has 1 saturated heterocycles. The van der Waals surface area contributed by atoms with E-state index in [1.807, 2.05) is 30.3 Å². The maximum atomic E-state index is 12.4. The van der Waals surface area contributed by atoms with Crippen molar-refractivity contribution in [3.63, 3.8) is 0 Å². The number of aromatic nitrogens is 2. The summed E-state index contributed by atoms with van der Waals surface area (Å²) in [5.74, 6) is 0.562. The number of carbonyl (C=O) groups is 1. The number of hydrogen-bond acceptors (Lipinski definition) is 4. The number of rotatable bonds is 4. The molecule has 1 aliphatic heterocycles. The Morgan fingerprint density at radius 2 is 1.91 bits per heavy atom. The number of ketones is 1. The van der Waals surface area contributed by atoms with Crippen LogP contribution in [0.2, 0.25) is 0 Å². The lowest BCUT2D eigenvalue weighted by molar-refractivity contribution is -0.123. The Hall–Kier alpha value is -2.07. The van der Waals surface area contributed by atoms with Gasteiger partial charge in [0.05, 0.1) is 11.4 Å². The van der Waals surface area contributed by atoms with Crippen LogP contribution in [0.3, 0.4) is 0 Å². The van der Waals surface area contributed by atoms with Crippen molar-refractivity contribution in [3.05, 3.63) is 48.3 Å². The van der Waals surface area contributed by atoms with Gasteiger partial charge in [-0.3, -0.25) is 14.8 Å². The topological polar surface area (TPSA) is 46.1 Å². The molecule has 4 heteroatoms. The first-order valence-corrected chi connectivity index (χ1v) is 7.80. The van der Waals surface area contributed by atoms with E-state index in [2.05, 4.69) is 21.9 Å². The van der Waals surface area contributed by atoms with Crippen LogP contribution in [0.25, 0.3) is 11.4 Å². The lowest BCUT2D eigenvalue weighted by atomic mass is 9.90. The fourth-order valence-corrected chi connectivity index (χ4v) is 2.87. The van der Waals surface area contributed by atoms with Crippen molar-refractivity contribution in [1.29, 1.82) is 0 Å². The van der Waals surface area contributed by atoms with Gasteiger partial charge in [0.1, 0.15) is 5.78 Å². The highest BCUT2D eigenvalue weighted by atomic mass is 16.1. The van der Waals surface area contributed by atoms with Crippen LogP contribution >= 0.6 is 0 Å². The second kappa shape index (κ2) is 6.79. The monoisotopic (exact) mass is 295 g/mol. The van der Waals surface area contributed by atoms with Crippen LogP contribution in [0.1, 0.15) is 18.4 Å². The van der Waals surface area contributed by atoms with E-state index in [0.29, 0.717) is 12.2 Å². The van der Waals surface area contributed by atoms with E-state index >= 15 is 0 Å². The summed E-state index contributed by atoms with van der Waals surface area (Å²) in [7, 11) is 2.11. The third-order valence-corrected chi connectivity index (χ3v) is 4.30. The smallest absolute Gasteiger partial charge is 0.140 e. The first-order valence-electron chi connectivity index (χ1n) is 7.80. The molecule has 0 aliphatic carbocycles. The minimum absolute atomic E-state index is 0.215. The summed E-state index contributed by atoms with van der Waals surface area (Å²) >= 11 is 0. The van der Waals surface area contributed by atoms with Gasteiger partial charge >= 0.3 is 0 Å². The molecule has 3 heterocycles. The van der Waals surface area contributed by atoms with Gasteiger partial charge in [-0.1, -0.05) is 12.1 Å². The standard InChI is InChI=1S/C18H21N3O/c1-21-10-7-15(8-11-21)18(22)12-14-5-6-17(20-13-14)16-4-2-3-9-19-16/h2-6,9,13,15H,7-8,10-12H2,1H3. The minimum atomic E-state index is 0.215. The van der Waals surface area contributed by atoms with Crippen molar-refractivity contribution >= 4 is 5.78 Å². The molecule has 0 N–H and O–H groups in total. The maximum absolute atomic E-state index is 12.4. The van der Waals surface area contributed by atoms with Crippen LogP contribution in [-0.4, -0.2) is 40.8 Å². The van der Waals surface area contributed by atoms with E-state index in [9.17, 15) is 4.79 Å². The molecule has 2 aromatic rings. The fraction of sp³-hybridized carbons (Fsp3) is 0.389. The molecular formula is C18H21N3O. The Morgan fingerprint density at radius 3 is 2.55 bits per heavy atom. The third kappa shape index (κ3) is 3.57. The Balaban J connectivity index is 1.62. The molecule has 3 rings (SSSR count). The van der Waals surface area contributed by atoms with Gasteiger partial charge in [-0.25, -0.2) is 0 Å². The fourth-order valence-electron chi connectivity index (χ4n) is 2.87. The highest BCUT2D eigenvalue weighted by Crippen LogP contribution is 2.20. The number of Topliss-reactive ketones (excluding diaryl/α,β-unsaturated/α-hetero) is 1. The lowest BCUT2D eigenvalue weighted by Gasteiger charge is -2.27. The molecule has 0 amide bonds. The van der Waals surface area contributed by atoms with Gasteiger partial charge in [0.15, 0.2) is 0 Å². The lowest BCUT2D eigenvalue weighted by Crippen LogP contribution is -2.34. The second-order valence-electron chi connectivity index (χ2n) is 5.99. The van der Waals surface area contributed by atoms with Gasteiger partial charge in [-0.15, -0.1) is 0 Å². The first-order chi connectivity index (χ1) is 10.7. The molecule has 0 radical (unpaired) electrons. The summed E-state index contributed by atoms with van der Waals surface area (Å²) in [6.45, 7) is 2.04. The van der Waals surface area contributed by atoms with Crippen molar-refractivity contribution in [2.75, 3.05) is 20.1 Å². The van der Waals surface area contributed by atoms with Crippen LogP contribution < -0.4 is 0 Å². The van der Waals surface area contributed by atoms with E-state index < -0.39 is 0 Å². The average molecular weight is 295 g/mol. The summed E-state index contributed by atoms with van der Waals surface area (Å²) in [6, 6.07) is 9.70. The molecule has 0 bridgehead atoms. The first kappa shape index (κ1) is 14.9. The number of hydrogen-bond donors (Lipinski definition) is 0. The van der Waals surface area contributed by atoms with Crippen molar-refractivity contribution in [2.24, 2.45) is 5.92 Å². The number of nitrogens with zero attached hydrogens (tertiary/aromatic N) is 3. The van der Waals surface area contributed by atoms with Gasteiger partial charge in [0, 0.05) is 24.7 Å². The molecule has 1 fully saturated rings. The predicted octanol–water partition coefficient (Wildman–Crippen LogP) is 2.60. The van der Waals surface area contributed by atoms with Gasteiger partial charge in [0.25, 0.3) is 0 Å². The normalized spacial score (nSPS) is 16.6. The number of likely N-dealkylation sites (tertiary alicyclic amines) is 1. The Kier molecular flexibility index (Phi) is 4.59. The highest BCUT2D eigenvalue weighted by Gasteiger charge is 2.23. The predicted molar refractivity (Wildman–Crippen MR) is 86.4 cm³/mol. The third-order valence-electron chi connectivity index (χ3n) is 4.30. The van der Waals surface area contributed by atoms with Gasteiger partial charge < -0.3 is 4.90 Å². The summed E-state index contributed by atoms with van der Waals surface area (Å²) in [6.07, 6.45) is 6.01. The molecule has 2 aromatic heterocycles. The van der Waals surface area contributed by atoms with Crippen molar-refractivity contribution in [3.8, 4) is 11.4 Å². The molecule has 22 heavy (non-hydrogen) atoms. The Morgan fingerprint density at radius 1 is 1.14 bits per heavy atom. The van der Waals surface area contributed by atoms with Gasteiger partial charge in [0.2, 0.25) is 0 Å². The minimum Gasteiger partial charge on any atom is -0.306 e. The number of pyridine rings is 2. The quantitative estimate of drug-likeness (QED) is 0.870. The van der Waals surface area contributed by atoms with Crippen LogP contribution in [0, 0.1) is 5.92 Å². The van der Waals surface area contributed by atoms with E-state index in [1.165, 1.54) is 0 Å². The molecular weight excluding hydrogens is 274 g/mol. The summed E-state index contributed by atoms with van der Waals surface area (Å²) in [4.78, 5) is 23.4. The van der Waals surface area contributed by atoms with E-state index in [0.717, 1.165) is 42.9 Å². The van der Waals surface area contributed by atoms with E-state index in [4.69, 9.17) is 0 Å². The van der Waals surface area contributed by atoms with Gasteiger partial charge in [-0.05, 0) is 56.7 Å². The van der Waals surface area contributed by atoms with E-state index in [1.54, 1.807) is 12.4 Å². The van der Waals surface area contributed by atoms with E-state index in [-0.39, 0.29) is 5.92 Å². The van der Waals surface area contributed by atoms with Crippen LogP contribution in [-0.2, 0) is 11.2 Å². The zero-order valence-electron chi connectivity index (χ0n) is 12.9. The second-order valence-corrected chi connectivity index (χ2v) is 5.99. The molecule has 0 atom stereocenters. The zero-order chi connectivity index (χ0) is 15.4. The van der Waals surface area contributed by atoms with Crippen molar-refractivity contribution < 1.29 is 4.79 Å². The summed E-state index contributed by atoms with van der Waals surface area (Å²) < 4.78 is 0. The Labute approximate surface area is 131 Å². The van der Waals surface area contributed by atoms with Crippen molar-refractivity contribution in [2.45, 2.75) is 19.3 Å². The molecule has 4 nitrogen and oxygen atoms in total. The number of carbonyl (C=O) groups excluding carboxylic acids is 1. The zero-order valence-corrected chi connectivity index (χ0v) is 12.9. The molecule has 0 aromatic carbocycles. The molecule has 114 valence electrons. The van der Waals surface area contributed by atoms with Crippen molar-refractivity contribution in [1.82, 2.24) is 14.9 Å².